The summed E-state index contributed by atoms with van der Waals surface area (Å²) in [6, 6.07) is 15.9. The normalized spacial score (nSPS) is 14.7. The monoisotopic (exact) mass is 417 g/mol. The van der Waals surface area contributed by atoms with Crippen LogP contribution in [0.25, 0.3) is 10.8 Å². The lowest BCUT2D eigenvalue weighted by molar-refractivity contribution is -0.139. The van der Waals surface area contributed by atoms with Crippen molar-refractivity contribution in [3.8, 4) is 11.6 Å². The first kappa shape index (κ1) is 20.3. The number of piperazine rings is 1. The highest BCUT2D eigenvalue weighted by atomic mass is 19.4. The van der Waals surface area contributed by atoms with Crippen LogP contribution in [0, 0.1) is 0 Å². The molecule has 158 valence electrons. The van der Waals surface area contributed by atoms with Crippen LogP contribution >= 0.6 is 0 Å². The van der Waals surface area contributed by atoms with Crippen LogP contribution in [0.1, 0.15) is 5.56 Å². The number of nitrogens with zero attached hydrogens (tertiary/aromatic N) is 2. The first-order chi connectivity index (χ1) is 14.5. The molecule has 30 heavy (non-hydrogen) atoms. The zero-order chi connectivity index (χ0) is 21.0. The van der Waals surface area contributed by atoms with E-state index >= 15 is 0 Å². The van der Waals surface area contributed by atoms with Gasteiger partial charge in [-0.3, -0.25) is 0 Å². The van der Waals surface area contributed by atoms with Crippen LogP contribution in [-0.4, -0.2) is 44.4 Å². The molecule has 0 unspecified atom stereocenters. The number of pyridine rings is 1. The van der Waals surface area contributed by atoms with Crippen LogP contribution < -0.4 is 19.7 Å². The fourth-order valence-corrected chi connectivity index (χ4v) is 3.38. The zero-order valence-corrected chi connectivity index (χ0v) is 16.3. The fraction of sp³-hybridized carbons (Fsp3) is 0.318. The van der Waals surface area contributed by atoms with E-state index in [2.05, 4.69) is 10.3 Å². The van der Waals surface area contributed by atoms with Gasteiger partial charge in [-0.25, -0.2) is 0 Å². The summed E-state index contributed by atoms with van der Waals surface area (Å²) in [4.78, 5) is 6.09. The average Bonchev–Trinajstić information content (AvgIpc) is 2.76. The van der Waals surface area contributed by atoms with Gasteiger partial charge in [-0.15, -0.1) is 0 Å². The van der Waals surface area contributed by atoms with Crippen LogP contribution in [0.15, 0.2) is 54.6 Å². The number of rotatable bonds is 6. The number of ether oxygens (including phenoxy) is 2. The predicted molar refractivity (Wildman–Crippen MR) is 109 cm³/mol. The minimum atomic E-state index is -4.54. The minimum Gasteiger partial charge on any atom is -0.490 e. The van der Waals surface area contributed by atoms with E-state index in [0.717, 1.165) is 29.9 Å². The summed E-state index contributed by atoms with van der Waals surface area (Å²) in [7, 11) is 0. The Bertz CT molecular complexity index is 1000. The molecule has 1 aromatic heterocycles. The second-order valence-electron chi connectivity index (χ2n) is 6.96. The van der Waals surface area contributed by atoms with Crippen LogP contribution in [0.5, 0.6) is 11.6 Å². The second kappa shape index (κ2) is 8.79. The Labute approximate surface area is 172 Å². The molecule has 1 aliphatic heterocycles. The van der Waals surface area contributed by atoms with Crippen molar-refractivity contribution in [1.82, 2.24) is 10.3 Å². The van der Waals surface area contributed by atoms with Crippen molar-refractivity contribution in [1.29, 1.82) is 0 Å². The second-order valence-corrected chi connectivity index (χ2v) is 6.96. The third-order valence-electron chi connectivity index (χ3n) is 4.90. The summed E-state index contributed by atoms with van der Waals surface area (Å²) < 4.78 is 51.2. The summed E-state index contributed by atoms with van der Waals surface area (Å²) in [5.41, 5.74) is -0.882. The van der Waals surface area contributed by atoms with Crippen molar-refractivity contribution in [2.45, 2.75) is 6.18 Å². The number of anilines is 1. The molecule has 0 spiro atoms. The van der Waals surface area contributed by atoms with Gasteiger partial charge in [-0.2, -0.15) is 18.2 Å². The summed E-state index contributed by atoms with van der Waals surface area (Å²) in [6.07, 6.45) is -4.54. The Balaban J connectivity index is 1.42. The van der Waals surface area contributed by atoms with E-state index in [0.29, 0.717) is 24.7 Å². The molecule has 0 amide bonds. The number of halogens is 3. The largest absolute Gasteiger partial charge is 0.490 e. The molecule has 2 heterocycles. The van der Waals surface area contributed by atoms with Gasteiger partial charge in [0, 0.05) is 26.2 Å². The molecule has 0 bridgehead atoms. The number of benzene rings is 2. The van der Waals surface area contributed by atoms with Gasteiger partial charge in [-0.1, -0.05) is 30.3 Å². The molecule has 4 rings (SSSR count). The molecule has 0 atom stereocenters. The number of alkyl halides is 3. The van der Waals surface area contributed by atoms with E-state index in [1.807, 2.05) is 47.4 Å². The lowest BCUT2D eigenvalue weighted by atomic mass is 10.1. The van der Waals surface area contributed by atoms with E-state index in [1.165, 1.54) is 6.07 Å². The number of aromatic nitrogens is 1. The van der Waals surface area contributed by atoms with Gasteiger partial charge in [0.15, 0.2) is 0 Å². The average molecular weight is 417 g/mol. The lowest BCUT2D eigenvalue weighted by Gasteiger charge is -2.29. The van der Waals surface area contributed by atoms with E-state index in [4.69, 9.17) is 9.47 Å². The smallest absolute Gasteiger partial charge is 0.421 e. The highest BCUT2D eigenvalue weighted by Crippen LogP contribution is 2.36. The summed E-state index contributed by atoms with van der Waals surface area (Å²) >= 11 is 0. The first-order valence-electron chi connectivity index (χ1n) is 9.79. The summed E-state index contributed by atoms with van der Waals surface area (Å²) in [5, 5.41) is 5.32. The first-order valence-corrected chi connectivity index (χ1v) is 9.79. The van der Waals surface area contributed by atoms with Crippen molar-refractivity contribution < 1.29 is 22.6 Å². The Morgan fingerprint density at radius 2 is 1.63 bits per heavy atom. The topological polar surface area (TPSA) is 46.6 Å². The molecule has 0 saturated carbocycles. The van der Waals surface area contributed by atoms with Gasteiger partial charge in [0.25, 0.3) is 0 Å². The lowest BCUT2D eigenvalue weighted by Crippen LogP contribution is -2.43. The van der Waals surface area contributed by atoms with Gasteiger partial charge in [-0.05, 0) is 35.0 Å². The van der Waals surface area contributed by atoms with E-state index in [9.17, 15) is 13.2 Å². The molecule has 0 aliphatic carbocycles. The van der Waals surface area contributed by atoms with Crippen molar-refractivity contribution >= 4 is 16.6 Å². The molecule has 1 N–H and O–H groups in total. The molecule has 8 heteroatoms. The predicted octanol–water partition coefficient (Wildman–Crippen LogP) is 4.12. The molecule has 3 aromatic rings. The van der Waals surface area contributed by atoms with Crippen LogP contribution in [0.2, 0.25) is 0 Å². The van der Waals surface area contributed by atoms with Crippen LogP contribution in [0.3, 0.4) is 0 Å². The van der Waals surface area contributed by atoms with Gasteiger partial charge in [0.2, 0.25) is 5.88 Å². The maximum absolute atomic E-state index is 13.4. The fourth-order valence-electron chi connectivity index (χ4n) is 3.38. The quantitative estimate of drug-likeness (QED) is 0.612. The third-order valence-corrected chi connectivity index (χ3v) is 4.90. The molecular weight excluding hydrogens is 395 g/mol. The third kappa shape index (κ3) is 4.76. The molecular formula is C22H22F3N3O2. The molecule has 1 aliphatic rings. The number of fused-ring (bicyclic) bond motifs is 1. The number of hydrogen-bond donors (Lipinski definition) is 1. The highest BCUT2D eigenvalue weighted by molar-refractivity contribution is 5.83. The van der Waals surface area contributed by atoms with E-state index < -0.39 is 17.6 Å². The Hall–Kier alpha value is -3.00. The highest BCUT2D eigenvalue weighted by Gasteiger charge is 2.36. The van der Waals surface area contributed by atoms with Gasteiger partial charge >= 0.3 is 6.18 Å². The summed E-state index contributed by atoms with van der Waals surface area (Å²) in [5.74, 6) is 0.700. The van der Waals surface area contributed by atoms with Crippen LogP contribution in [-0.2, 0) is 6.18 Å². The molecule has 1 fully saturated rings. The SMILES string of the molecule is FC(F)(F)c1ccc(N2CCNCC2)nc1OCCOc1ccc2ccccc2c1. The number of hydrogen-bond acceptors (Lipinski definition) is 5. The van der Waals surface area contributed by atoms with Crippen molar-refractivity contribution in [3.05, 3.63) is 60.2 Å². The van der Waals surface area contributed by atoms with Crippen molar-refractivity contribution in [2.24, 2.45) is 0 Å². The van der Waals surface area contributed by atoms with Gasteiger partial charge in [0.1, 0.15) is 30.3 Å². The van der Waals surface area contributed by atoms with Crippen LogP contribution in [0.4, 0.5) is 19.0 Å². The Kier molecular flexibility index (Phi) is 5.94. The van der Waals surface area contributed by atoms with Crippen molar-refractivity contribution in [2.75, 3.05) is 44.3 Å². The van der Waals surface area contributed by atoms with Gasteiger partial charge < -0.3 is 19.7 Å². The maximum Gasteiger partial charge on any atom is 0.421 e. The maximum atomic E-state index is 13.4. The minimum absolute atomic E-state index is 0.0477. The molecule has 5 nitrogen and oxygen atoms in total. The van der Waals surface area contributed by atoms with E-state index in [-0.39, 0.29) is 13.2 Å². The molecule has 2 aromatic carbocycles. The number of nitrogens with one attached hydrogen (secondary N) is 1. The molecule has 0 radical (unpaired) electrons. The van der Waals surface area contributed by atoms with E-state index in [1.54, 1.807) is 0 Å². The van der Waals surface area contributed by atoms with Gasteiger partial charge in [0.05, 0.1) is 0 Å². The summed E-state index contributed by atoms with van der Waals surface area (Å²) in [6.45, 7) is 2.95. The standard InChI is InChI=1S/C22H22F3N3O2/c23-22(24,25)19-7-8-20(28-11-9-26-10-12-28)27-21(19)30-14-13-29-18-6-5-16-3-1-2-4-17(16)15-18/h1-8,15,26H,9-14H2. The zero-order valence-electron chi connectivity index (χ0n) is 16.3. The Morgan fingerprint density at radius 3 is 2.40 bits per heavy atom. The Morgan fingerprint density at radius 1 is 0.900 bits per heavy atom. The molecule has 1 saturated heterocycles. The van der Waals surface area contributed by atoms with Crippen molar-refractivity contribution in [3.63, 3.8) is 0 Å².